The predicted molar refractivity (Wildman–Crippen MR) is 112 cm³/mol. The van der Waals surface area contributed by atoms with Gasteiger partial charge in [-0.25, -0.2) is 9.29 Å². The first-order valence-corrected chi connectivity index (χ1v) is 9.24. The van der Waals surface area contributed by atoms with Crippen molar-refractivity contribution in [3.05, 3.63) is 101 Å². The normalized spacial score (nSPS) is 14.0. The Kier molecular flexibility index (Phi) is 4.72. The number of carbonyl (C=O) groups excluding carboxylic acids is 2. The average Bonchev–Trinajstić information content (AvgIpc) is 2.95. The van der Waals surface area contributed by atoms with Gasteiger partial charge in [0.05, 0.1) is 11.3 Å². The van der Waals surface area contributed by atoms with E-state index in [-0.39, 0.29) is 11.3 Å². The maximum absolute atomic E-state index is 13.4. The lowest BCUT2D eigenvalue weighted by molar-refractivity contribution is -0.120. The number of imide groups is 1. The monoisotopic (exact) mass is 386 g/mol. The Labute approximate surface area is 168 Å². The van der Waals surface area contributed by atoms with Crippen LogP contribution in [0.5, 0.6) is 0 Å². The van der Waals surface area contributed by atoms with Crippen LogP contribution in [0.1, 0.15) is 16.7 Å². The summed E-state index contributed by atoms with van der Waals surface area (Å²) in [7, 11) is 0. The molecule has 1 N–H and O–H groups in total. The van der Waals surface area contributed by atoms with E-state index in [9.17, 15) is 14.0 Å². The molecule has 3 aromatic rings. The molecule has 4 rings (SSSR count). The summed E-state index contributed by atoms with van der Waals surface area (Å²) in [4.78, 5) is 27.8. The number of benzene rings is 3. The molecule has 0 saturated heterocycles. The number of hydrogen-bond acceptors (Lipinski definition) is 3. The number of para-hydroxylation sites is 1. The third kappa shape index (κ3) is 3.43. The molecular weight excluding hydrogens is 367 g/mol. The molecule has 0 aliphatic carbocycles. The molecule has 0 fully saturated rings. The molecule has 0 spiro atoms. The van der Waals surface area contributed by atoms with E-state index in [4.69, 9.17) is 0 Å². The van der Waals surface area contributed by atoms with E-state index in [0.29, 0.717) is 16.9 Å². The standard InChI is InChI=1S/C24H19FN2O2/c1-15-8-13-20(14-16(15)2)27-23(28)21(17-9-11-18(25)12-10-17)22(24(27)29)26-19-6-4-3-5-7-19/h3-14,26H,1-2H3. The summed E-state index contributed by atoms with van der Waals surface area (Å²) in [6.07, 6.45) is 0. The van der Waals surface area contributed by atoms with Gasteiger partial charge in [-0.1, -0.05) is 36.4 Å². The van der Waals surface area contributed by atoms with Crippen LogP contribution in [0.4, 0.5) is 15.8 Å². The zero-order chi connectivity index (χ0) is 20.5. The van der Waals surface area contributed by atoms with Gasteiger partial charge in [0.2, 0.25) is 0 Å². The largest absolute Gasteiger partial charge is 0.350 e. The molecule has 0 atom stereocenters. The molecule has 1 aliphatic heterocycles. The fourth-order valence-corrected chi connectivity index (χ4v) is 3.30. The number of halogens is 1. The molecule has 0 saturated carbocycles. The van der Waals surface area contributed by atoms with Crippen LogP contribution in [-0.4, -0.2) is 11.8 Å². The highest BCUT2D eigenvalue weighted by Gasteiger charge is 2.40. The smallest absolute Gasteiger partial charge is 0.282 e. The first kappa shape index (κ1) is 18.6. The first-order chi connectivity index (χ1) is 14.0. The van der Waals surface area contributed by atoms with Crippen molar-refractivity contribution in [1.82, 2.24) is 0 Å². The van der Waals surface area contributed by atoms with Gasteiger partial charge in [-0.2, -0.15) is 0 Å². The maximum atomic E-state index is 13.4. The minimum Gasteiger partial charge on any atom is -0.350 e. The molecule has 2 amide bonds. The second kappa shape index (κ2) is 7.36. The molecule has 5 heteroatoms. The van der Waals surface area contributed by atoms with E-state index >= 15 is 0 Å². The molecule has 29 heavy (non-hydrogen) atoms. The third-order valence-electron chi connectivity index (χ3n) is 5.01. The van der Waals surface area contributed by atoms with Crippen LogP contribution in [0.3, 0.4) is 0 Å². The average molecular weight is 386 g/mol. The number of carbonyl (C=O) groups is 2. The van der Waals surface area contributed by atoms with Gasteiger partial charge in [0.1, 0.15) is 11.5 Å². The van der Waals surface area contributed by atoms with Gasteiger partial charge in [0.25, 0.3) is 11.8 Å². The summed E-state index contributed by atoms with van der Waals surface area (Å²) in [5, 5.41) is 3.08. The number of rotatable bonds is 4. The lowest BCUT2D eigenvalue weighted by atomic mass is 10.0. The minimum absolute atomic E-state index is 0.172. The van der Waals surface area contributed by atoms with Gasteiger partial charge < -0.3 is 5.32 Å². The van der Waals surface area contributed by atoms with E-state index in [0.717, 1.165) is 16.0 Å². The zero-order valence-corrected chi connectivity index (χ0v) is 16.1. The van der Waals surface area contributed by atoms with Gasteiger partial charge in [-0.05, 0) is 66.9 Å². The first-order valence-electron chi connectivity index (χ1n) is 9.24. The second-order valence-corrected chi connectivity index (χ2v) is 6.96. The highest BCUT2D eigenvalue weighted by Crippen LogP contribution is 2.34. The number of aryl methyl sites for hydroxylation is 2. The summed E-state index contributed by atoms with van der Waals surface area (Å²) >= 11 is 0. The van der Waals surface area contributed by atoms with Gasteiger partial charge in [-0.15, -0.1) is 0 Å². The van der Waals surface area contributed by atoms with Crippen molar-refractivity contribution in [3.8, 4) is 0 Å². The Morgan fingerprint density at radius 1 is 0.793 bits per heavy atom. The fourth-order valence-electron chi connectivity index (χ4n) is 3.30. The number of hydrogen-bond donors (Lipinski definition) is 1. The van der Waals surface area contributed by atoms with Crippen LogP contribution >= 0.6 is 0 Å². The summed E-state index contributed by atoms with van der Waals surface area (Å²) in [6.45, 7) is 3.90. The lowest BCUT2D eigenvalue weighted by Gasteiger charge is -2.17. The summed E-state index contributed by atoms with van der Waals surface area (Å²) in [6, 6.07) is 20.2. The lowest BCUT2D eigenvalue weighted by Crippen LogP contribution is -2.32. The van der Waals surface area contributed by atoms with Crippen molar-refractivity contribution in [2.24, 2.45) is 0 Å². The van der Waals surface area contributed by atoms with Crippen LogP contribution < -0.4 is 10.2 Å². The summed E-state index contributed by atoms with van der Waals surface area (Å²) in [5.41, 5.74) is 4.12. The zero-order valence-electron chi connectivity index (χ0n) is 16.1. The highest BCUT2D eigenvalue weighted by atomic mass is 19.1. The Morgan fingerprint density at radius 3 is 2.14 bits per heavy atom. The quantitative estimate of drug-likeness (QED) is 0.653. The van der Waals surface area contributed by atoms with Crippen molar-refractivity contribution in [3.63, 3.8) is 0 Å². The van der Waals surface area contributed by atoms with Crippen LogP contribution in [0, 0.1) is 19.7 Å². The van der Waals surface area contributed by atoms with E-state index in [2.05, 4.69) is 5.32 Å². The number of nitrogens with zero attached hydrogens (tertiary/aromatic N) is 1. The molecule has 4 nitrogen and oxygen atoms in total. The van der Waals surface area contributed by atoms with Crippen molar-refractivity contribution in [2.75, 3.05) is 10.2 Å². The molecule has 144 valence electrons. The van der Waals surface area contributed by atoms with E-state index in [1.165, 1.54) is 24.3 Å². The number of nitrogens with one attached hydrogen (secondary N) is 1. The van der Waals surface area contributed by atoms with Crippen LogP contribution in [0.15, 0.2) is 78.5 Å². The summed E-state index contributed by atoms with van der Waals surface area (Å²) in [5.74, 6) is -1.29. The molecule has 0 aromatic heterocycles. The maximum Gasteiger partial charge on any atom is 0.282 e. The molecule has 1 heterocycles. The number of anilines is 2. The van der Waals surface area contributed by atoms with Crippen LogP contribution in [0.2, 0.25) is 0 Å². The highest BCUT2D eigenvalue weighted by molar-refractivity contribution is 6.46. The second-order valence-electron chi connectivity index (χ2n) is 6.96. The molecule has 0 unspecified atom stereocenters. The van der Waals surface area contributed by atoms with Crippen LogP contribution in [-0.2, 0) is 9.59 Å². The molecule has 0 bridgehead atoms. The van der Waals surface area contributed by atoms with Crippen molar-refractivity contribution in [2.45, 2.75) is 13.8 Å². The van der Waals surface area contributed by atoms with Gasteiger partial charge in [-0.3, -0.25) is 9.59 Å². The fraction of sp³-hybridized carbons (Fsp3) is 0.0833. The van der Waals surface area contributed by atoms with Gasteiger partial charge >= 0.3 is 0 Å². The van der Waals surface area contributed by atoms with Crippen molar-refractivity contribution in [1.29, 1.82) is 0 Å². The van der Waals surface area contributed by atoms with Gasteiger partial charge in [0.15, 0.2) is 0 Å². The minimum atomic E-state index is -0.443. The van der Waals surface area contributed by atoms with Crippen molar-refractivity contribution >= 4 is 28.8 Å². The van der Waals surface area contributed by atoms with Crippen molar-refractivity contribution < 1.29 is 14.0 Å². The number of amides is 2. The van der Waals surface area contributed by atoms with Crippen LogP contribution in [0.25, 0.3) is 5.57 Å². The van der Waals surface area contributed by atoms with E-state index in [1.807, 2.05) is 56.3 Å². The topological polar surface area (TPSA) is 49.4 Å². The van der Waals surface area contributed by atoms with Gasteiger partial charge in [0, 0.05) is 5.69 Å². The summed E-state index contributed by atoms with van der Waals surface area (Å²) < 4.78 is 13.4. The van der Waals surface area contributed by atoms with E-state index in [1.54, 1.807) is 6.07 Å². The molecule has 1 aliphatic rings. The Hall–Kier alpha value is -3.73. The van der Waals surface area contributed by atoms with E-state index < -0.39 is 17.6 Å². The Morgan fingerprint density at radius 2 is 1.48 bits per heavy atom. The Balaban J connectivity index is 1.83. The SMILES string of the molecule is Cc1ccc(N2C(=O)C(Nc3ccccc3)=C(c3ccc(F)cc3)C2=O)cc1C. The molecular formula is C24H19FN2O2. The predicted octanol–water partition coefficient (Wildman–Crippen LogP) is 4.84. The Bertz CT molecular complexity index is 1140. The molecule has 0 radical (unpaired) electrons. The molecule has 3 aromatic carbocycles. The third-order valence-corrected chi connectivity index (χ3v) is 5.01.